The maximum atomic E-state index is 12.2. The van der Waals surface area contributed by atoms with E-state index in [4.69, 9.17) is 0 Å². The number of benzene rings is 2. The summed E-state index contributed by atoms with van der Waals surface area (Å²) in [5.74, 6) is -0.841. The van der Waals surface area contributed by atoms with Crippen molar-refractivity contribution in [1.29, 1.82) is 0 Å². The highest BCUT2D eigenvalue weighted by Gasteiger charge is 2.34. The fraction of sp³-hybridized carbons (Fsp3) is 0.167. The maximum Gasteiger partial charge on any atom is 0.261 e. The van der Waals surface area contributed by atoms with Crippen molar-refractivity contribution < 1.29 is 14.4 Å². The number of carbonyl (C=O) groups excluding carboxylic acids is 3. The molecule has 1 N–H and O–H groups in total. The van der Waals surface area contributed by atoms with E-state index in [2.05, 4.69) is 5.32 Å². The van der Waals surface area contributed by atoms with Gasteiger partial charge in [0.2, 0.25) is 0 Å². The minimum Gasteiger partial charge on any atom is -0.350 e. The Morgan fingerprint density at radius 2 is 1.52 bits per heavy atom. The summed E-state index contributed by atoms with van der Waals surface area (Å²) in [5.41, 5.74) is 2.47. The summed E-state index contributed by atoms with van der Waals surface area (Å²) in [7, 11) is 0. The number of nitrogens with one attached hydrogen (secondary N) is 1. The molecule has 0 aromatic heterocycles. The van der Waals surface area contributed by atoms with Crippen LogP contribution in [0.25, 0.3) is 0 Å². The summed E-state index contributed by atoms with van der Waals surface area (Å²) >= 11 is 0. The Balaban J connectivity index is 1.60. The standard InChI is InChI=1S/C18H16N2O3/c1-12-6-8-13(9-7-12)16(21)19-10-11-20-17(22)14-4-2-3-5-15(14)18(20)23/h2-9H,10-11H2,1H3,(H,19,21). The van der Waals surface area contributed by atoms with Crippen molar-refractivity contribution in [3.8, 4) is 0 Å². The molecule has 0 saturated carbocycles. The van der Waals surface area contributed by atoms with Crippen molar-refractivity contribution in [2.45, 2.75) is 6.92 Å². The molecule has 1 aliphatic rings. The molecule has 1 aliphatic heterocycles. The third-order valence-electron chi connectivity index (χ3n) is 3.81. The van der Waals surface area contributed by atoms with Crippen LogP contribution in [0.1, 0.15) is 36.6 Å². The minimum atomic E-state index is -0.310. The molecular formula is C18H16N2O3. The minimum absolute atomic E-state index is 0.157. The van der Waals surface area contributed by atoms with E-state index in [1.54, 1.807) is 36.4 Å². The van der Waals surface area contributed by atoms with Crippen LogP contribution < -0.4 is 5.32 Å². The first kappa shape index (κ1) is 15.0. The lowest BCUT2D eigenvalue weighted by molar-refractivity contribution is 0.0650. The number of amides is 3. The molecule has 5 heteroatoms. The van der Waals surface area contributed by atoms with Crippen LogP contribution in [0.5, 0.6) is 0 Å². The van der Waals surface area contributed by atoms with Crippen molar-refractivity contribution in [2.24, 2.45) is 0 Å². The smallest absolute Gasteiger partial charge is 0.261 e. The number of nitrogens with zero attached hydrogens (tertiary/aromatic N) is 1. The van der Waals surface area contributed by atoms with Crippen LogP contribution in [0.3, 0.4) is 0 Å². The van der Waals surface area contributed by atoms with E-state index in [0.717, 1.165) is 5.56 Å². The molecule has 23 heavy (non-hydrogen) atoms. The highest BCUT2D eigenvalue weighted by molar-refractivity contribution is 6.21. The topological polar surface area (TPSA) is 66.5 Å². The highest BCUT2D eigenvalue weighted by atomic mass is 16.2. The van der Waals surface area contributed by atoms with Gasteiger partial charge in [-0.15, -0.1) is 0 Å². The van der Waals surface area contributed by atoms with Crippen molar-refractivity contribution in [2.75, 3.05) is 13.1 Å². The number of fused-ring (bicyclic) bond motifs is 1. The Labute approximate surface area is 133 Å². The number of carbonyl (C=O) groups is 3. The van der Waals surface area contributed by atoms with E-state index < -0.39 is 0 Å². The van der Waals surface area contributed by atoms with E-state index in [1.165, 1.54) is 4.90 Å². The van der Waals surface area contributed by atoms with Gasteiger partial charge in [-0.05, 0) is 31.2 Å². The number of imide groups is 1. The van der Waals surface area contributed by atoms with Crippen LogP contribution in [-0.4, -0.2) is 35.7 Å². The van der Waals surface area contributed by atoms with Crippen LogP contribution in [0, 0.1) is 6.92 Å². The molecule has 3 rings (SSSR count). The van der Waals surface area contributed by atoms with Gasteiger partial charge >= 0.3 is 0 Å². The molecule has 1 heterocycles. The molecule has 0 saturated heterocycles. The molecular weight excluding hydrogens is 292 g/mol. The molecule has 0 radical (unpaired) electrons. The van der Waals surface area contributed by atoms with Crippen molar-refractivity contribution in [1.82, 2.24) is 10.2 Å². The van der Waals surface area contributed by atoms with Crippen LogP contribution in [0.15, 0.2) is 48.5 Å². The van der Waals surface area contributed by atoms with Crippen molar-refractivity contribution >= 4 is 17.7 Å². The first-order valence-electron chi connectivity index (χ1n) is 7.38. The average Bonchev–Trinajstić information content (AvgIpc) is 2.81. The third kappa shape index (κ3) is 2.85. The summed E-state index contributed by atoms with van der Waals surface area (Å²) in [6.45, 7) is 2.33. The molecule has 0 atom stereocenters. The number of rotatable bonds is 4. The van der Waals surface area contributed by atoms with Gasteiger partial charge < -0.3 is 5.32 Å². The molecule has 2 aromatic carbocycles. The molecule has 116 valence electrons. The van der Waals surface area contributed by atoms with Crippen molar-refractivity contribution in [3.63, 3.8) is 0 Å². The van der Waals surface area contributed by atoms with Gasteiger partial charge in [-0.1, -0.05) is 29.8 Å². The van der Waals surface area contributed by atoms with Crippen LogP contribution in [0.2, 0.25) is 0 Å². The Morgan fingerprint density at radius 1 is 0.957 bits per heavy atom. The zero-order chi connectivity index (χ0) is 16.4. The second kappa shape index (κ2) is 6.04. The summed E-state index contributed by atoms with van der Waals surface area (Å²) < 4.78 is 0. The van der Waals surface area contributed by atoms with Gasteiger partial charge in [0.25, 0.3) is 17.7 Å². The van der Waals surface area contributed by atoms with Gasteiger partial charge in [0, 0.05) is 18.7 Å². The number of hydrogen-bond donors (Lipinski definition) is 1. The first-order chi connectivity index (χ1) is 11.1. The van der Waals surface area contributed by atoms with Crippen LogP contribution in [-0.2, 0) is 0 Å². The summed E-state index contributed by atoms with van der Waals surface area (Å²) in [4.78, 5) is 37.5. The second-order valence-corrected chi connectivity index (χ2v) is 5.43. The van der Waals surface area contributed by atoms with Gasteiger partial charge in [0.05, 0.1) is 11.1 Å². The Hall–Kier alpha value is -2.95. The Kier molecular flexibility index (Phi) is 3.93. The fourth-order valence-corrected chi connectivity index (χ4v) is 2.53. The number of aryl methyl sites for hydroxylation is 1. The molecule has 0 aliphatic carbocycles. The van der Waals surface area contributed by atoms with Crippen LogP contribution in [0.4, 0.5) is 0 Å². The Bertz CT molecular complexity index is 746. The summed E-state index contributed by atoms with van der Waals surface area (Å²) in [5, 5.41) is 2.73. The largest absolute Gasteiger partial charge is 0.350 e. The van der Waals surface area contributed by atoms with E-state index in [9.17, 15) is 14.4 Å². The zero-order valence-electron chi connectivity index (χ0n) is 12.7. The molecule has 0 fully saturated rings. The quantitative estimate of drug-likeness (QED) is 0.879. The van der Waals surface area contributed by atoms with Crippen molar-refractivity contribution in [3.05, 3.63) is 70.8 Å². The zero-order valence-corrected chi connectivity index (χ0v) is 12.7. The fourth-order valence-electron chi connectivity index (χ4n) is 2.53. The third-order valence-corrected chi connectivity index (χ3v) is 3.81. The molecule has 0 spiro atoms. The maximum absolute atomic E-state index is 12.2. The molecule has 0 unspecified atom stereocenters. The normalized spacial score (nSPS) is 13.2. The molecule has 2 aromatic rings. The van der Waals surface area contributed by atoms with Gasteiger partial charge in [0.1, 0.15) is 0 Å². The molecule has 5 nitrogen and oxygen atoms in total. The predicted octanol–water partition coefficient (Wildman–Crippen LogP) is 2.02. The summed E-state index contributed by atoms with van der Waals surface area (Å²) in [6.07, 6.45) is 0. The van der Waals surface area contributed by atoms with Gasteiger partial charge in [-0.2, -0.15) is 0 Å². The van der Waals surface area contributed by atoms with Gasteiger partial charge in [-0.3, -0.25) is 19.3 Å². The lowest BCUT2D eigenvalue weighted by atomic mass is 10.1. The Morgan fingerprint density at radius 3 is 2.09 bits per heavy atom. The lowest BCUT2D eigenvalue weighted by Gasteiger charge is -2.14. The van der Waals surface area contributed by atoms with E-state index in [1.807, 2.05) is 19.1 Å². The highest BCUT2D eigenvalue weighted by Crippen LogP contribution is 2.21. The average molecular weight is 308 g/mol. The van der Waals surface area contributed by atoms with Gasteiger partial charge in [0.15, 0.2) is 0 Å². The van der Waals surface area contributed by atoms with E-state index >= 15 is 0 Å². The first-order valence-corrected chi connectivity index (χ1v) is 7.38. The van der Waals surface area contributed by atoms with E-state index in [-0.39, 0.29) is 30.8 Å². The SMILES string of the molecule is Cc1ccc(C(=O)NCCN2C(=O)c3ccccc3C2=O)cc1. The summed E-state index contributed by atoms with van der Waals surface area (Å²) in [6, 6.07) is 13.9. The second-order valence-electron chi connectivity index (χ2n) is 5.43. The number of hydrogen-bond acceptors (Lipinski definition) is 3. The monoisotopic (exact) mass is 308 g/mol. The van der Waals surface area contributed by atoms with Crippen LogP contribution >= 0.6 is 0 Å². The lowest BCUT2D eigenvalue weighted by Crippen LogP contribution is -2.38. The van der Waals surface area contributed by atoms with E-state index in [0.29, 0.717) is 16.7 Å². The predicted molar refractivity (Wildman–Crippen MR) is 85.3 cm³/mol. The van der Waals surface area contributed by atoms with Gasteiger partial charge in [-0.25, -0.2) is 0 Å². The molecule has 0 bridgehead atoms. The molecule has 3 amide bonds.